The standard InChI is InChI=1S/C16H19N3O2S/c20-16(9-13-12-4-8-22-14(12)3-7-21-13)18-11-1-2-15-17-5-6-19(15)10-11/h4-6,8,11,13H,1-3,7,9-10H2,(H,18,20)/t11-,13+/m0/s1. The van der Waals surface area contributed by atoms with Gasteiger partial charge in [-0.1, -0.05) is 0 Å². The molecule has 0 bridgehead atoms. The molecule has 1 amide bonds. The van der Waals surface area contributed by atoms with Crippen LogP contribution in [0.15, 0.2) is 23.8 Å². The van der Waals surface area contributed by atoms with Gasteiger partial charge in [0.1, 0.15) is 5.82 Å². The van der Waals surface area contributed by atoms with Gasteiger partial charge in [-0.05, 0) is 23.4 Å². The number of imidazole rings is 1. The molecule has 2 aliphatic heterocycles. The van der Waals surface area contributed by atoms with Gasteiger partial charge in [0.15, 0.2) is 0 Å². The SMILES string of the molecule is O=C(C[C@H]1OCCc2sccc21)N[C@H]1CCc2nccn2C1. The maximum Gasteiger partial charge on any atom is 0.223 e. The molecule has 4 rings (SSSR count). The number of fused-ring (bicyclic) bond motifs is 2. The van der Waals surface area contributed by atoms with E-state index < -0.39 is 0 Å². The molecule has 22 heavy (non-hydrogen) atoms. The summed E-state index contributed by atoms with van der Waals surface area (Å²) in [5.41, 5.74) is 1.20. The van der Waals surface area contributed by atoms with Crippen LogP contribution in [0.4, 0.5) is 0 Å². The number of ether oxygens (including phenoxy) is 1. The number of nitrogens with one attached hydrogen (secondary N) is 1. The van der Waals surface area contributed by atoms with E-state index >= 15 is 0 Å². The Kier molecular flexibility index (Phi) is 3.72. The zero-order chi connectivity index (χ0) is 14.9. The molecule has 0 saturated heterocycles. The Balaban J connectivity index is 1.36. The Morgan fingerprint density at radius 1 is 1.50 bits per heavy atom. The number of nitrogens with zero attached hydrogens (tertiary/aromatic N) is 2. The van der Waals surface area contributed by atoms with Gasteiger partial charge in [-0.15, -0.1) is 11.3 Å². The van der Waals surface area contributed by atoms with Gasteiger partial charge in [0.05, 0.1) is 19.1 Å². The topological polar surface area (TPSA) is 56.1 Å². The lowest BCUT2D eigenvalue weighted by Crippen LogP contribution is -2.41. The van der Waals surface area contributed by atoms with Crippen LogP contribution in [0.25, 0.3) is 0 Å². The number of hydrogen-bond acceptors (Lipinski definition) is 4. The highest BCUT2D eigenvalue weighted by Crippen LogP contribution is 2.33. The minimum atomic E-state index is -0.0811. The Labute approximate surface area is 133 Å². The molecule has 2 aromatic heterocycles. The molecular weight excluding hydrogens is 298 g/mol. The zero-order valence-electron chi connectivity index (χ0n) is 12.3. The molecule has 0 saturated carbocycles. The molecule has 2 atom stereocenters. The molecular formula is C16H19N3O2S. The number of aromatic nitrogens is 2. The smallest absolute Gasteiger partial charge is 0.223 e. The maximum absolute atomic E-state index is 12.3. The van der Waals surface area contributed by atoms with E-state index in [2.05, 4.69) is 26.3 Å². The van der Waals surface area contributed by atoms with E-state index in [4.69, 9.17) is 4.74 Å². The van der Waals surface area contributed by atoms with Crippen molar-refractivity contribution in [3.63, 3.8) is 0 Å². The molecule has 5 nitrogen and oxygen atoms in total. The van der Waals surface area contributed by atoms with Crippen LogP contribution < -0.4 is 5.32 Å². The second-order valence-corrected chi connectivity index (χ2v) is 6.91. The summed E-state index contributed by atoms with van der Waals surface area (Å²) in [7, 11) is 0. The summed E-state index contributed by atoms with van der Waals surface area (Å²) in [6.07, 6.45) is 6.99. The van der Waals surface area contributed by atoms with Gasteiger partial charge in [-0.3, -0.25) is 4.79 Å². The van der Waals surface area contributed by atoms with E-state index in [0.717, 1.165) is 31.6 Å². The van der Waals surface area contributed by atoms with Gasteiger partial charge in [0, 0.05) is 42.7 Å². The molecule has 0 radical (unpaired) electrons. The third-order valence-corrected chi connectivity index (χ3v) is 5.44. The molecule has 0 fully saturated rings. The fraction of sp³-hybridized carbons (Fsp3) is 0.500. The third kappa shape index (κ3) is 2.68. The Morgan fingerprint density at radius 2 is 2.45 bits per heavy atom. The van der Waals surface area contributed by atoms with Crippen molar-refractivity contribution in [2.24, 2.45) is 0 Å². The number of amides is 1. The number of aryl methyl sites for hydroxylation is 1. The predicted octanol–water partition coefficient (Wildman–Crippen LogP) is 2.08. The highest BCUT2D eigenvalue weighted by atomic mass is 32.1. The average Bonchev–Trinajstić information content (AvgIpc) is 3.15. The highest BCUT2D eigenvalue weighted by molar-refractivity contribution is 7.10. The first-order valence-electron chi connectivity index (χ1n) is 7.77. The van der Waals surface area contributed by atoms with Crippen LogP contribution in [0.1, 0.15) is 35.2 Å². The number of carbonyl (C=O) groups is 1. The fourth-order valence-corrected chi connectivity index (χ4v) is 4.25. The average molecular weight is 317 g/mol. The molecule has 0 aliphatic carbocycles. The molecule has 0 unspecified atom stereocenters. The van der Waals surface area contributed by atoms with Crippen molar-refractivity contribution in [2.45, 2.75) is 44.4 Å². The lowest BCUT2D eigenvalue weighted by Gasteiger charge is -2.27. The van der Waals surface area contributed by atoms with E-state index in [1.54, 1.807) is 11.3 Å². The van der Waals surface area contributed by atoms with Crippen molar-refractivity contribution < 1.29 is 9.53 Å². The monoisotopic (exact) mass is 317 g/mol. The fourth-order valence-electron chi connectivity index (χ4n) is 3.33. The lowest BCUT2D eigenvalue weighted by molar-refractivity contribution is -0.125. The molecule has 116 valence electrons. The zero-order valence-corrected chi connectivity index (χ0v) is 13.1. The Morgan fingerprint density at radius 3 is 3.41 bits per heavy atom. The summed E-state index contributed by atoms with van der Waals surface area (Å²) in [5.74, 6) is 1.20. The van der Waals surface area contributed by atoms with E-state index in [0.29, 0.717) is 13.0 Å². The number of carbonyl (C=O) groups excluding carboxylic acids is 1. The molecule has 2 aliphatic rings. The van der Waals surface area contributed by atoms with Crippen molar-refractivity contribution >= 4 is 17.2 Å². The summed E-state index contributed by atoms with van der Waals surface area (Å²) < 4.78 is 7.92. The molecule has 0 spiro atoms. The molecule has 4 heterocycles. The maximum atomic E-state index is 12.3. The number of thiophene rings is 1. The largest absolute Gasteiger partial charge is 0.373 e. The molecule has 2 aromatic rings. The van der Waals surface area contributed by atoms with Crippen molar-refractivity contribution in [2.75, 3.05) is 6.61 Å². The van der Waals surface area contributed by atoms with Crippen molar-refractivity contribution in [1.82, 2.24) is 14.9 Å². The van der Waals surface area contributed by atoms with Gasteiger partial charge in [0.2, 0.25) is 5.91 Å². The van der Waals surface area contributed by atoms with Gasteiger partial charge >= 0.3 is 0 Å². The van der Waals surface area contributed by atoms with Crippen LogP contribution in [0, 0.1) is 0 Å². The molecule has 0 aromatic carbocycles. The van der Waals surface area contributed by atoms with Crippen molar-refractivity contribution in [3.05, 3.63) is 40.1 Å². The van der Waals surface area contributed by atoms with Crippen LogP contribution in [0.2, 0.25) is 0 Å². The number of rotatable bonds is 3. The van der Waals surface area contributed by atoms with E-state index in [-0.39, 0.29) is 18.1 Å². The third-order valence-electron chi connectivity index (χ3n) is 4.45. The second kappa shape index (κ2) is 5.85. The van der Waals surface area contributed by atoms with Crippen molar-refractivity contribution in [3.8, 4) is 0 Å². The molecule has 1 N–H and O–H groups in total. The van der Waals surface area contributed by atoms with Gasteiger partial charge in [-0.2, -0.15) is 0 Å². The van der Waals surface area contributed by atoms with E-state index in [1.165, 1.54) is 10.4 Å². The van der Waals surface area contributed by atoms with Crippen molar-refractivity contribution in [1.29, 1.82) is 0 Å². The summed E-state index contributed by atoms with van der Waals surface area (Å²) >= 11 is 1.76. The Hall–Kier alpha value is -1.66. The summed E-state index contributed by atoms with van der Waals surface area (Å²) in [4.78, 5) is 18.0. The normalized spacial score (nSPS) is 23.6. The van der Waals surface area contributed by atoms with Crippen LogP contribution in [-0.4, -0.2) is 28.1 Å². The van der Waals surface area contributed by atoms with Crippen LogP contribution in [-0.2, 0) is 28.9 Å². The minimum Gasteiger partial charge on any atom is -0.373 e. The number of hydrogen-bond donors (Lipinski definition) is 1. The van der Waals surface area contributed by atoms with E-state index in [9.17, 15) is 4.79 Å². The van der Waals surface area contributed by atoms with Gasteiger partial charge in [0.25, 0.3) is 0 Å². The summed E-state index contributed by atoms with van der Waals surface area (Å²) in [6.45, 7) is 1.53. The van der Waals surface area contributed by atoms with Crippen LogP contribution >= 0.6 is 11.3 Å². The quantitative estimate of drug-likeness (QED) is 0.943. The predicted molar refractivity (Wildman–Crippen MR) is 83.8 cm³/mol. The Bertz CT molecular complexity index is 678. The summed E-state index contributed by atoms with van der Waals surface area (Å²) in [5, 5.41) is 5.24. The highest BCUT2D eigenvalue weighted by Gasteiger charge is 2.26. The van der Waals surface area contributed by atoms with Crippen LogP contribution in [0.3, 0.4) is 0 Å². The van der Waals surface area contributed by atoms with Gasteiger partial charge in [-0.25, -0.2) is 4.98 Å². The minimum absolute atomic E-state index is 0.0811. The van der Waals surface area contributed by atoms with E-state index in [1.807, 2.05) is 12.4 Å². The molecule has 6 heteroatoms. The summed E-state index contributed by atoms with van der Waals surface area (Å²) in [6, 6.07) is 2.29. The van der Waals surface area contributed by atoms with Gasteiger partial charge < -0.3 is 14.6 Å². The first kappa shape index (κ1) is 14.0. The first-order chi connectivity index (χ1) is 10.8. The van der Waals surface area contributed by atoms with Crippen LogP contribution in [0.5, 0.6) is 0 Å². The second-order valence-electron chi connectivity index (χ2n) is 5.91. The first-order valence-corrected chi connectivity index (χ1v) is 8.65. The lowest BCUT2D eigenvalue weighted by atomic mass is 10.0.